The summed E-state index contributed by atoms with van der Waals surface area (Å²) in [5.74, 6) is -0.328. The third-order valence-electron chi connectivity index (χ3n) is 3.51. The van der Waals surface area contributed by atoms with Crippen LogP contribution >= 0.6 is 23.2 Å². The van der Waals surface area contributed by atoms with Gasteiger partial charge in [0.25, 0.3) is 11.2 Å². The van der Waals surface area contributed by atoms with Gasteiger partial charge in [0.2, 0.25) is 0 Å². The maximum atomic E-state index is 12.3. The van der Waals surface area contributed by atoms with Crippen molar-refractivity contribution >= 4 is 45.7 Å². The summed E-state index contributed by atoms with van der Waals surface area (Å²) >= 11 is 11.6. The van der Waals surface area contributed by atoms with Crippen molar-refractivity contribution in [2.75, 3.05) is 0 Å². The molecule has 0 aliphatic heterocycles. The molecule has 0 unspecified atom stereocenters. The number of hydrogen-bond acceptors (Lipinski definition) is 5. The normalized spacial score (nSPS) is 10.8. The zero-order chi connectivity index (χ0) is 18.1. The highest BCUT2D eigenvalue weighted by Gasteiger charge is 2.18. The van der Waals surface area contributed by atoms with E-state index in [1.165, 1.54) is 6.07 Å². The second kappa shape index (κ2) is 6.62. The number of non-ortho nitro benzene ring substituents is 1. The van der Waals surface area contributed by atoms with Gasteiger partial charge in [0.1, 0.15) is 11.2 Å². The number of H-pyrrole nitrogens is 1. The van der Waals surface area contributed by atoms with Crippen molar-refractivity contribution in [3.05, 3.63) is 78.2 Å². The lowest BCUT2D eigenvalue weighted by molar-refractivity contribution is -0.383. The number of hydrogen-bond donors (Lipinski definition) is 1. The van der Waals surface area contributed by atoms with E-state index in [0.29, 0.717) is 10.6 Å². The number of nitro groups is 1. The van der Waals surface area contributed by atoms with Crippen LogP contribution in [0.25, 0.3) is 11.0 Å². The molecule has 7 nitrogen and oxygen atoms in total. The Morgan fingerprint density at radius 1 is 1.16 bits per heavy atom. The number of nitro benzene ring substituents is 1. The van der Waals surface area contributed by atoms with Crippen LogP contribution in [0.4, 0.5) is 5.69 Å². The molecule has 9 heteroatoms. The van der Waals surface area contributed by atoms with Gasteiger partial charge < -0.3 is 4.98 Å². The number of aromatic amines is 1. The number of fused-ring (bicyclic) bond motifs is 1. The van der Waals surface area contributed by atoms with Gasteiger partial charge in [-0.25, -0.2) is 4.98 Å². The molecule has 0 bridgehead atoms. The van der Waals surface area contributed by atoms with E-state index in [1.807, 2.05) is 0 Å². The second-order valence-corrected chi connectivity index (χ2v) is 6.07. The van der Waals surface area contributed by atoms with Crippen LogP contribution in [0.2, 0.25) is 10.0 Å². The number of Topliss-reactive ketones (excluding diaryl/α,β-unsaturated/α-hetero) is 1. The summed E-state index contributed by atoms with van der Waals surface area (Å²) in [6.07, 6.45) is -0.257. The third kappa shape index (κ3) is 3.52. The Balaban J connectivity index is 2.04. The molecular formula is C16H9Cl2N3O4. The van der Waals surface area contributed by atoms with Crippen LogP contribution in [0, 0.1) is 10.1 Å². The maximum absolute atomic E-state index is 12.3. The Morgan fingerprint density at radius 3 is 2.48 bits per heavy atom. The molecule has 2 aromatic carbocycles. The number of carbonyl (C=O) groups is 1. The Kier molecular flexibility index (Phi) is 4.52. The monoisotopic (exact) mass is 377 g/mol. The number of rotatable bonds is 4. The molecule has 0 aliphatic rings. The first-order chi connectivity index (χ1) is 11.8. The number of benzene rings is 2. The first-order valence-corrected chi connectivity index (χ1v) is 7.76. The molecule has 0 amide bonds. The molecule has 25 heavy (non-hydrogen) atoms. The van der Waals surface area contributed by atoms with Crippen molar-refractivity contribution < 1.29 is 9.72 Å². The van der Waals surface area contributed by atoms with Crippen LogP contribution in [-0.4, -0.2) is 20.7 Å². The molecule has 0 fully saturated rings. The average molecular weight is 378 g/mol. The third-order valence-corrected chi connectivity index (χ3v) is 3.98. The van der Waals surface area contributed by atoms with Crippen LogP contribution < -0.4 is 5.56 Å². The van der Waals surface area contributed by atoms with Gasteiger partial charge >= 0.3 is 0 Å². The number of carbonyl (C=O) groups excluding carboxylic acids is 1. The first kappa shape index (κ1) is 17.1. The predicted octanol–water partition coefficient (Wildman–Crippen LogP) is 3.56. The summed E-state index contributed by atoms with van der Waals surface area (Å²) in [6, 6.07) is 8.73. The minimum Gasteiger partial charge on any atom is -0.313 e. The second-order valence-electron chi connectivity index (χ2n) is 5.20. The highest BCUT2D eigenvalue weighted by atomic mass is 35.5. The van der Waals surface area contributed by atoms with Crippen LogP contribution in [0.1, 0.15) is 16.1 Å². The van der Waals surface area contributed by atoms with E-state index in [-0.39, 0.29) is 39.6 Å². The number of ketones is 1. The van der Waals surface area contributed by atoms with Crippen LogP contribution in [0.5, 0.6) is 0 Å². The Morgan fingerprint density at radius 2 is 1.84 bits per heavy atom. The summed E-state index contributed by atoms with van der Waals surface area (Å²) in [5.41, 5.74) is -0.602. The molecule has 0 radical (unpaired) electrons. The Hall–Kier alpha value is -2.77. The molecule has 1 aromatic heterocycles. The van der Waals surface area contributed by atoms with Crippen molar-refractivity contribution in [1.29, 1.82) is 0 Å². The van der Waals surface area contributed by atoms with Crippen molar-refractivity contribution in [2.24, 2.45) is 0 Å². The summed E-state index contributed by atoms with van der Waals surface area (Å²) in [7, 11) is 0. The first-order valence-electron chi connectivity index (χ1n) is 7.01. The fraction of sp³-hybridized carbons (Fsp3) is 0.0625. The minimum atomic E-state index is -0.666. The highest BCUT2D eigenvalue weighted by Crippen LogP contribution is 2.26. The van der Waals surface area contributed by atoms with Gasteiger partial charge in [-0.3, -0.25) is 19.7 Å². The molecular weight excluding hydrogens is 369 g/mol. The quantitative estimate of drug-likeness (QED) is 0.424. The molecule has 3 aromatic rings. The van der Waals surface area contributed by atoms with Crippen molar-refractivity contribution in [3.8, 4) is 0 Å². The smallest absolute Gasteiger partial charge is 0.296 e. The number of nitrogens with one attached hydrogen (secondary N) is 1. The zero-order valence-corrected chi connectivity index (χ0v) is 14.0. The van der Waals surface area contributed by atoms with Gasteiger partial charge in [-0.15, -0.1) is 0 Å². The fourth-order valence-electron chi connectivity index (χ4n) is 2.33. The standard InChI is InChI=1S/C16H9Cl2N3O4/c17-9-3-1-8(2-4-9)14(22)7-12-16(23)20-15-11(19-12)5-10(18)6-13(15)21(24)25/h1-6H,7H2,(H,20,23). The molecule has 0 saturated heterocycles. The molecule has 126 valence electrons. The topological polar surface area (TPSA) is 106 Å². The van der Waals surface area contributed by atoms with Gasteiger partial charge in [-0.05, 0) is 30.3 Å². The van der Waals surface area contributed by atoms with E-state index in [4.69, 9.17) is 23.2 Å². The molecule has 0 atom stereocenters. The largest absolute Gasteiger partial charge is 0.313 e. The van der Waals surface area contributed by atoms with E-state index < -0.39 is 10.5 Å². The molecule has 0 aliphatic carbocycles. The summed E-state index contributed by atoms with van der Waals surface area (Å²) in [4.78, 5) is 41.4. The molecule has 0 saturated carbocycles. The molecule has 1 N–H and O–H groups in total. The maximum Gasteiger partial charge on any atom is 0.296 e. The fourth-order valence-corrected chi connectivity index (χ4v) is 2.66. The molecule has 0 spiro atoms. The van der Waals surface area contributed by atoms with Gasteiger partial charge in [-0.1, -0.05) is 23.2 Å². The molecule has 1 heterocycles. The van der Waals surface area contributed by atoms with Gasteiger partial charge in [0.05, 0.1) is 16.9 Å². The van der Waals surface area contributed by atoms with Gasteiger partial charge in [-0.2, -0.15) is 0 Å². The van der Waals surface area contributed by atoms with E-state index >= 15 is 0 Å². The van der Waals surface area contributed by atoms with Crippen LogP contribution in [0.15, 0.2) is 41.2 Å². The number of aromatic nitrogens is 2. The zero-order valence-electron chi connectivity index (χ0n) is 12.5. The lowest BCUT2D eigenvalue weighted by Gasteiger charge is -2.04. The van der Waals surface area contributed by atoms with Crippen LogP contribution in [0.3, 0.4) is 0 Å². The SMILES string of the molecule is O=C(Cc1nc2cc(Cl)cc([N+](=O)[O-])c2[nH]c1=O)c1ccc(Cl)cc1. The number of halogens is 2. The lowest BCUT2D eigenvalue weighted by Crippen LogP contribution is -2.19. The van der Waals surface area contributed by atoms with Crippen molar-refractivity contribution in [1.82, 2.24) is 9.97 Å². The van der Waals surface area contributed by atoms with Crippen LogP contribution in [-0.2, 0) is 6.42 Å². The van der Waals surface area contributed by atoms with E-state index in [2.05, 4.69) is 9.97 Å². The Bertz CT molecular complexity index is 1060. The Labute approximate surface area is 150 Å². The number of nitrogens with zero attached hydrogens (tertiary/aromatic N) is 2. The summed E-state index contributed by atoms with van der Waals surface area (Å²) in [6.45, 7) is 0. The van der Waals surface area contributed by atoms with Gasteiger partial charge in [0, 0.05) is 21.7 Å². The van der Waals surface area contributed by atoms with E-state index in [1.54, 1.807) is 24.3 Å². The predicted molar refractivity (Wildman–Crippen MR) is 93.5 cm³/mol. The van der Waals surface area contributed by atoms with E-state index in [9.17, 15) is 19.7 Å². The van der Waals surface area contributed by atoms with Crippen molar-refractivity contribution in [2.45, 2.75) is 6.42 Å². The lowest BCUT2D eigenvalue weighted by atomic mass is 10.1. The summed E-state index contributed by atoms with van der Waals surface area (Å²) < 4.78 is 0. The average Bonchev–Trinajstić information content (AvgIpc) is 2.55. The van der Waals surface area contributed by atoms with E-state index in [0.717, 1.165) is 6.07 Å². The molecule has 3 rings (SSSR count). The highest BCUT2D eigenvalue weighted by molar-refractivity contribution is 6.31. The van der Waals surface area contributed by atoms with Crippen molar-refractivity contribution in [3.63, 3.8) is 0 Å². The minimum absolute atomic E-state index is 0.0397. The van der Waals surface area contributed by atoms with Gasteiger partial charge in [0.15, 0.2) is 5.78 Å². The summed E-state index contributed by atoms with van der Waals surface area (Å²) in [5, 5.41) is 11.7.